The predicted molar refractivity (Wildman–Crippen MR) is 124 cm³/mol. The second-order valence-corrected chi connectivity index (χ2v) is 10.5. The van der Waals surface area contributed by atoms with Crippen LogP contribution in [0.2, 0.25) is 0 Å². The van der Waals surface area contributed by atoms with Gasteiger partial charge in [0.1, 0.15) is 11.4 Å². The van der Waals surface area contributed by atoms with E-state index in [0.717, 1.165) is 30.2 Å². The molecule has 2 aliphatic rings. The molecule has 2 aromatic heterocycles. The minimum Gasteiger partial charge on any atom is -0.364 e. The molecule has 0 atom stereocenters. The van der Waals surface area contributed by atoms with E-state index in [1.54, 1.807) is 18.2 Å². The Labute approximate surface area is 192 Å². The van der Waals surface area contributed by atoms with Crippen LogP contribution in [0.15, 0.2) is 30.5 Å². The van der Waals surface area contributed by atoms with Crippen LogP contribution in [0.3, 0.4) is 0 Å². The van der Waals surface area contributed by atoms with Gasteiger partial charge < -0.3 is 15.6 Å². The maximum atomic E-state index is 13.2. The van der Waals surface area contributed by atoms with Crippen LogP contribution in [0.25, 0.3) is 10.9 Å². The summed E-state index contributed by atoms with van der Waals surface area (Å²) in [5.41, 5.74) is 8.33. The number of hydrogen-bond donors (Lipinski definition) is 2. The molecule has 172 valence electrons. The van der Waals surface area contributed by atoms with Crippen molar-refractivity contribution in [3.05, 3.63) is 53.0 Å². The fourth-order valence-corrected chi connectivity index (χ4v) is 5.12. The average Bonchev–Trinajstić information content (AvgIpc) is 3.37. The number of H-pyrrole nitrogens is 1. The van der Waals surface area contributed by atoms with Gasteiger partial charge in [-0.05, 0) is 63.6 Å². The third-order valence-corrected chi connectivity index (χ3v) is 7.09. The van der Waals surface area contributed by atoms with Crippen LogP contribution >= 0.6 is 0 Å². The van der Waals surface area contributed by atoms with Gasteiger partial charge in [0.2, 0.25) is 0 Å². The second-order valence-electron chi connectivity index (χ2n) is 10.5. The highest BCUT2D eigenvalue weighted by molar-refractivity contribution is 6.01. The van der Waals surface area contributed by atoms with Crippen LogP contribution in [-0.2, 0) is 12.0 Å². The molecule has 0 unspecified atom stereocenters. The van der Waals surface area contributed by atoms with Crippen LogP contribution in [0.1, 0.15) is 76.9 Å². The number of nitrogens with two attached hydrogens (primary N) is 1. The number of amides is 2. The van der Waals surface area contributed by atoms with Crippen molar-refractivity contribution in [2.24, 2.45) is 11.1 Å². The van der Waals surface area contributed by atoms with E-state index in [2.05, 4.69) is 30.9 Å². The quantitative estimate of drug-likeness (QED) is 0.627. The highest BCUT2D eigenvalue weighted by atomic mass is 16.2. The van der Waals surface area contributed by atoms with Crippen LogP contribution in [0, 0.1) is 5.41 Å². The highest BCUT2D eigenvalue weighted by Gasteiger charge is 2.43. The number of aromatic nitrogens is 3. The Morgan fingerprint density at radius 1 is 1.12 bits per heavy atom. The molecular formula is C25H29N5O3. The van der Waals surface area contributed by atoms with Crippen molar-refractivity contribution in [3.63, 3.8) is 0 Å². The first kappa shape index (κ1) is 21.4. The lowest BCUT2D eigenvalue weighted by Crippen LogP contribution is -2.46. The highest BCUT2D eigenvalue weighted by Crippen LogP contribution is 2.43. The number of ketones is 1. The Morgan fingerprint density at radius 3 is 2.52 bits per heavy atom. The Bertz CT molecular complexity index is 1290. The molecule has 3 aromatic rings. The van der Waals surface area contributed by atoms with E-state index >= 15 is 0 Å². The van der Waals surface area contributed by atoms with Gasteiger partial charge in [-0.25, -0.2) is 0 Å². The lowest BCUT2D eigenvalue weighted by molar-refractivity contribution is 0.0520. The third-order valence-electron chi connectivity index (χ3n) is 7.09. The van der Waals surface area contributed by atoms with Crippen molar-refractivity contribution in [1.82, 2.24) is 19.7 Å². The number of carbonyl (C=O) groups excluding carboxylic acids is 3. The smallest absolute Gasteiger partial charge is 0.265 e. The molecule has 1 aliphatic carbocycles. The summed E-state index contributed by atoms with van der Waals surface area (Å²) in [4.78, 5) is 42.4. The molecule has 2 amide bonds. The molecule has 1 aliphatic heterocycles. The number of likely N-dealkylation sites (tertiary alicyclic amines) is 1. The fourth-order valence-electron chi connectivity index (χ4n) is 5.12. The number of fused-ring (bicyclic) bond motifs is 2. The van der Waals surface area contributed by atoms with Gasteiger partial charge in [0.05, 0.1) is 5.54 Å². The van der Waals surface area contributed by atoms with Gasteiger partial charge in [-0.1, -0.05) is 6.07 Å². The third kappa shape index (κ3) is 3.73. The minimum absolute atomic E-state index is 0.0367. The summed E-state index contributed by atoms with van der Waals surface area (Å²) in [5, 5.41) is 5.41. The van der Waals surface area contributed by atoms with Crippen molar-refractivity contribution < 1.29 is 14.4 Å². The summed E-state index contributed by atoms with van der Waals surface area (Å²) in [6.45, 7) is 7.47. The molecular weight excluding hydrogens is 418 g/mol. The van der Waals surface area contributed by atoms with Crippen molar-refractivity contribution in [3.8, 4) is 0 Å². The Hall–Kier alpha value is -3.42. The first-order valence-electron chi connectivity index (χ1n) is 11.4. The summed E-state index contributed by atoms with van der Waals surface area (Å²) in [6.07, 6.45) is 4.93. The van der Waals surface area contributed by atoms with E-state index in [-0.39, 0.29) is 22.6 Å². The molecule has 5 rings (SSSR count). The molecule has 0 radical (unpaired) electrons. The summed E-state index contributed by atoms with van der Waals surface area (Å²) >= 11 is 0. The van der Waals surface area contributed by atoms with E-state index in [1.165, 1.54) is 0 Å². The lowest BCUT2D eigenvalue weighted by atomic mass is 9.67. The number of nitrogens with zero attached hydrogens (tertiary/aromatic N) is 3. The number of nitrogens with one attached hydrogen (secondary N) is 1. The molecule has 1 fully saturated rings. The lowest BCUT2D eigenvalue weighted by Gasteiger charge is -2.43. The van der Waals surface area contributed by atoms with Gasteiger partial charge in [0.25, 0.3) is 11.8 Å². The zero-order valence-electron chi connectivity index (χ0n) is 19.3. The summed E-state index contributed by atoms with van der Waals surface area (Å²) < 4.78 is 1.90. The zero-order chi connectivity index (χ0) is 23.5. The standard InChI is InChI=1S/C25H29N5O3/c1-24(2,3)30-14-17-12-25(13-20(31)21(17)28-30)6-8-29(9-7-25)23(33)16-5-4-15-10-19(22(26)32)27-18(15)11-16/h4-5,10-11,14,27H,6-9,12-13H2,1-3H3,(H2,26,32). The van der Waals surface area contributed by atoms with E-state index < -0.39 is 5.91 Å². The second kappa shape index (κ2) is 7.30. The maximum absolute atomic E-state index is 13.2. The molecule has 3 heterocycles. The topological polar surface area (TPSA) is 114 Å². The summed E-state index contributed by atoms with van der Waals surface area (Å²) in [5.74, 6) is -0.453. The number of benzene rings is 1. The van der Waals surface area contributed by atoms with Gasteiger partial charge >= 0.3 is 0 Å². The number of piperidine rings is 1. The van der Waals surface area contributed by atoms with Crippen molar-refractivity contribution in [2.75, 3.05) is 13.1 Å². The van der Waals surface area contributed by atoms with Gasteiger partial charge in [-0.15, -0.1) is 0 Å². The monoisotopic (exact) mass is 447 g/mol. The molecule has 3 N–H and O–H groups in total. The van der Waals surface area contributed by atoms with Crippen LogP contribution < -0.4 is 5.73 Å². The number of hydrogen-bond acceptors (Lipinski definition) is 4. The molecule has 1 aromatic carbocycles. The largest absolute Gasteiger partial charge is 0.364 e. The fraction of sp³-hybridized carbons (Fsp3) is 0.440. The maximum Gasteiger partial charge on any atom is 0.265 e. The predicted octanol–water partition coefficient (Wildman–Crippen LogP) is 3.27. The molecule has 33 heavy (non-hydrogen) atoms. The molecule has 1 spiro atoms. The van der Waals surface area contributed by atoms with Gasteiger partial charge in [-0.2, -0.15) is 5.10 Å². The number of Topliss-reactive ketones (excluding diaryl/α,β-unsaturated/α-hetero) is 1. The van der Waals surface area contributed by atoms with Crippen molar-refractivity contribution >= 4 is 28.5 Å². The molecule has 8 heteroatoms. The Morgan fingerprint density at radius 2 is 1.85 bits per heavy atom. The Balaban J connectivity index is 1.31. The number of carbonyl (C=O) groups is 3. The Kier molecular flexibility index (Phi) is 4.74. The van der Waals surface area contributed by atoms with E-state index in [4.69, 9.17) is 5.73 Å². The average molecular weight is 448 g/mol. The molecule has 0 bridgehead atoms. The van der Waals surface area contributed by atoms with E-state index in [1.807, 2.05) is 21.8 Å². The van der Waals surface area contributed by atoms with Gasteiger partial charge in [0.15, 0.2) is 5.78 Å². The summed E-state index contributed by atoms with van der Waals surface area (Å²) in [6, 6.07) is 7.06. The van der Waals surface area contributed by atoms with Gasteiger partial charge in [0, 0.05) is 47.7 Å². The van der Waals surface area contributed by atoms with Crippen molar-refractivity contribution in [1.29, 1.82) is 0 Å². The van der Waals surface area contributed by atoms with Crippen LogP contribution in [-0.4, -0.2) is 50.4 Å². The number of rotatable bonds is 2. The molecule has 8 nitrogen and oxygen atoms in total. The normalized spacial score (nSPS) is 18.0. The SMILES string of the molecule is CC(C)(C)n1cc2c(n1)C(=O)CC1(CCN(C(=O)c3ccc4cc(C(N)=O)[nH]c4c3)CC1)C2. The number of aromatic amines is 1. The zero-order valence-corrected chi connectivity index (χ0v) is 19.3. The first-order chi connectivity index (χ1) is 15.5. The van der Waals surface area contributed by atoms with Crippen LogP contribution in [0.4, 0.5) is 0 Å². The van der Waals surface area contributed by atoms with Gasteiger partial charge in [-0.3, -0.25) is 19.1 Å². The molecule has 1 saturated heterocycles. The van der Waals surface area contributed by atoms with Crippen molar-refractivity contribution in [2.45, 2.75) is 52.0 Å². The van der Waals surface area contributed by atoms with Crippen LogP contribution in [0.5, 0.6) is 0 Å². The van der Waals surface area contributed by atoms with E-state index in [9.17, 15) is 14.4 Å². The number of primary amides is 1. The molecule has 0 saturated carbocycles. The minimum atomic E-state index is -0.529. The summed E-state index contributed by atoms with van der Waals surface area (Å²) in [7, 11) is 0. The van der Waals surface area contributed by atoms with E-state index in [0.29, 0.717) is 42.0 Å². The first-order valence-corrected chi connectivity index (χ1v) is 11.4.